The average molecular weight is 151 g/mol. The Labute approximate surface area is 68.0 Å². The molecule has 0 saturated heterocycles. The van der Waals surface area contributed by atoms with Gasteiger partial charge in [-0.25, -0.2) is 0 Å². The first-order valence-corrected chi connectivity index (χ1v) is 3.38. The molecule has 60 valence electrons. The van der Waals surface area contributed by atoms with Gasteiger partial charge in [-0.15, -0.1) is 0 Å². The van der Waals surface area contributed by atoms with Crippen LogP contribution in [0.4, 0.5) is 5.69 Å². The van der Waals surface area contributed by atoms with E-state index in [2.05, 4.69) is 11.9 Å². The third-order valence-corrected chi connectivity index (χ3v) is 1.34. The minimum absolute atomic E-state index is 0. The summed E-state index contributed by atoms with van der Waals surface area (Å²) in [6, 6.07) is 7.67. The summed E-state index contributed by atoms with van der Waals surface area (Å²) in [5.74, 6) is 0.844. The molecule has 1 rings (SSSR count). The van der Waals surface area contributed by atoms with Crippen molar-refractivity contribution >= 4 is 5.69 Å². The van der Waals surface area contributed by atoms with E-state index in [1.807, 2.05) is 24.3 Å². The molecule has 0 atom stereocenters. The van der Waals surface area contributed by atoms with Crippen molar-refractivity contribution in [2.24, 2.45) is 0 Å². The van der Waals surface area contributed by atoms with Gasteiger partial charge < -0.3 is 10.1 Å². The lowest BCUT2D eigenvalue weighted by Gasteiger charge is -2.02. The van der Waals surface area contributed by atoms with E-state index in [-0.39, 0.29) is 1.43 Å². The highest BCUT2D eigenvalue weighted by Crippen LogP contribution is 2.16. The Kier molecular flexibility index (Phi) is 2.55. The maximum absolute atomic E-state index is 5.03. The zero-order chi connectivity index (χ0) is 8.10. The molecule has 0 spiro atoms. The fourth-order valence-electron chi connectivity index (χ4n) is 0.831. The van der Waals surface area contributed by atoms with E-state index in [4.69, 9.17) is 4.74 Å². The van der Waals surface area contributed by atoms with Crippen LogP contribution < -0.4 is 10.1 Å². The number of anilines is 1. The summed E-state index contributed by atoms with van der Waals surface area (Å²) < 4.78 is 5.03. The van der Waals surface area contributed by atoms with E-state index in [1.54, 1.807) is 13.3 Å². The SMILES string of the molecule is C=CNc1cccc(OC)c1.[HH]. The summed E-state index contributed by atoms with van der Waals surface area (Å²) in [4.78, 5) is 0. The first-order chi connectivity index (χ1) is 5.36. The summed E-state index contributed by atoms with van der Waals surface area (Å²) in [7, 11) is 1.65. The number of ether oxygens (including phenoxy) is 1. The first-order valence-electron chi connectivity index (χ1n) is 3.38. The molecule has 0 amide bonds. The fraction of sp³-hybridized carbons (Fsp3) is 0.111. The summed E-state index contributed by atoms with van der Waals surface area (Å²) >= 11 is 0. The van der Waals surface area contributed by atoms with Crippen LogP contribution in [0.2, 0.25) is 0 Å². The highest BCUT2D eigenvalue weighted by molar-refractivity contribution is 5.49. The molecule has 0 aliphatic carbocycles. The van der Waals surface area contributed by atoms with Crippen molar-refractivity contribution in [1.29, 1.82) is 0 Å². The van der Waals surface area contributed by atoms with Crippen molar-refractivity contribution in [3.63, 3.8) is 0 Å². The van der Waals surface area contributed by atoms with Crippen molar-refractivity contribution in [3.05, 3.63) is 37.0 Å². The van der Waals surface area contributed by atoms with E-state index in [9.17, 15) is 0 Å². The minimum atomic E-state index is 0. The number of hydrogen-bond donors (Lipinski definition) is 1. The second kappa shape index (κ2) is 3.66. The van der Waals surface area contributed by atoms with Crippen LogP contribution in [-0.4, -0.2) is 7.11 Å². The first kappa shape index (κ1) is 7.66. The Morgan fingerprint density at radius 1 is 1.64 bits per heavy atom. The number of nitrogens with one attached hydrogen (secondary N) is 1. The van der Waals surface area contributed by atoms with E-state index in [0.717, 1.165) is 11.4 Å². The summed E-state index contributed by atoms with van der Waals surface area (Å²) in [6.07, 6.45) is 1.63. The monoisotopic (exact) mass is 151 g/mol. The lowest BCUT2D eigenvalue weighted by Crippen LogP contribution is -1.87. The molecule has 0 heterocycles. The number of benzene rings is 1. The van der Waals surface area contributed by atoms with Gasteiger partial charge in [0.1, 0.15) is 5.75 Å². The predicted octanol–water partition coefficient (Wildman–Crippen LogP) is 2.50. The van der Waals surface area contributed by atoms with Crippen molar-refractivity contribution < 1.29 is 6.16 Å². The summed E-state index contributed by atoms with van der Waals surface area (Å²) in [5.41, 5.74) is 0.986. The lowest BCUT2D eigenvalue weighted by atomic mass is 10.3. The second-order valence-corrected chi connectivity index (χ2v) is 2.08. The third kappa shape index (κ3) is 2.00. The largest absolute Gasteiger partial charge is 0.497 e. The van der Waals surface area contributed by atoms with Crippen LogP contribution in [0.15, 0.2) is 37.0 Å². The Morgan fingerprint density at radius 2 is 2.45 bits per heavy atom. The highest BCUT2D eigenvalue weighted by Gasteiger charge is 1.90. The molecule has 0 aliphatic rings. The van der Waals surface area contributed by atoms with Gasteiger partial charge in [0.2, 0.25) is 0 Å². The van der Waals surface area contributed by atoms with Gasteiger partial charge in [-0.2, -0.15) is 0 Å². The Bertz CT molecular complexity index is 250. The smallest absolute Gasteiger partial charge is 0.120 e. The van der Waals surface area contributed by atoms with Crippen LogP contribution in [-0.2, 0) is 0 Å². The maximum Gasteiger partial charge on any atom is 0.120 e. The van der Waals surface area contributed by atoms with E-state index in [1.165, 1.54) is 0 Å². The number of hydrogen-bond acceptors (Lipinski definition) is 2. The highest BCUT2D eigenvalue weighted by atomic mass is 16.5. The Morgan fingerprint density at radius 3 is 3.09 bits per heavy atom. The zero-order valence-electron chi connectivity index (χ0n) is 6.50. The molecule has 0 saturated carbocycles. The molecule has 0 radical (unpaired) electrons. The van der Waals surface area contributed by atoms with Gasteiger partial charge in [0, 0.05) is 13.2 Å². The fourth-order valence-corrected chi connectivity index (χ4v) is 0.831. The molecule has 11 heavy (non-hydrogen) atoms. The molecular weight excluding hydrogens is 138 g/mol. The van der Waals surface area contributed by atoms with Gasteiger partial charge in [-0.1, -0.05) is 12.6 Å². The zero-order valence-corrected chi connectivity index (χ0v) is 6.50. The summed E-state index contributed by atoms with van der Waals surface area (Å²) in [5, 5.41) is 2.97. The van der Waals surface area contributed by atoms with Crippen LogP contribution in [0.3, 0.4) is 0 Å². The van der Waals surface area contributed by atoms with E-state index >= 15 is 0 Å². The van der Waals surface area contributed by atoms with Crippen molar-refractivity contribution in [2.75, 3.05) is 12.4 Å². The van der Waals surface area contributed by atoms with E-state index < -0.39 is 0 Å². The van der Waals surface area contributed by atoms with Crippen molar-refractivity contribution in [2.45, 2.75) is 0 Å². The molecule has 0 aliphatic heterocycles. The summed E-state index contributed by atoms with van der Waals surface area (Å²) in [6.45, 7) is 3.56. The third-order valence-electron chi connectivity index (χ3n) is 1.34. The molecule has 0 unspecified atom stereocenters. The lowest BCUT2D eigenvalue weighted by molar-refractivity contribution is 0.415. The van der Waals surface area contributed by atoms with Gasteiger partial charge in [-0.3, -0.25) is 0 Å². The molecule has 0 fully saturated rings. The maximum atomic E-state index is 5.03. The normalized spacial score (nSPS) is 8.82. The standard InChI is InChI=1S/C9H11NO.H2/c1-3-10-8-5-4-6-9(7-8)11-2;/h3-7,10H,1H2,2H3;1H. The molecule has 1 aromatic rings. The number of methoxy groups -OCH3 is 1. The second-order valence-electron chi connectivity index (χ2n) is 2.08. The van der Waals surface area contributed by atoms with Gasteiger partial charge in [-0.05, 0) is 18.3 Å². The molecular formula is C9H13NO. The molecule has 1 aromatic carbocycles. The van der Waals surface area contributed by atoms with Crippen molar-refractivity contribution in [1.82, 2.24) is 0 Å². The van der Waals surface area contributed by atoms with Crippen LogP contribution in [0.1, 0.15) is 1.43 Å². The average Bonchev–Trinajstić information content (AvgIpc) is 2.06. The van der Waals surface area contributed by atoms with Gasteiger partial charge in [0.05, 0.1) is 7.11 Å². The van der Waals surface area contributed by atoms with E-state index in [0.29, 0.717) is 0 Å². The van der Waals surface area contributed by atoms with Gasteiger partial charge in [0.25, 0.3) is 0 Å². The Hall–Kier alpha value is -1.44. The quantitative estimate of drug-likeness (QED) is 0.716. The molecule has 2 heteroatoms. The number of rotatable bonds is 3. The van der Waals surface area contributed by atoms with Crippen molar-refractivity contribution in [3.8, 4) is 5.75 Å². The van der Waals surface area contributed by atoms with Crippen LogP contribution in [0, 0.1) is 0 Å². The molecule has 1 N–H and O–H groups in total. The molecule has 0 bridgehead atoms. The minimum Gasteiger partial charge on any atom is -0.497 e. The van der Waals surface area contributed by atoms with Gasteiger partial charge in [0.15, 0.2) is 0 Å². The predicted molar refractivity (Wildman–Crippen MR) is 48.9 cm³/mol. The Balaban J connectivity index is 0.00000121. The molecule has 0 aromatic heterocycles. The van der Waals surface area contributed by atoms with Crippen LogP contribution in [0.25, 0.3) is 0 Å². The topological polar surface area (TPSA) is 21.3 Å². The van der Waals surface area contributed by atoms with Crippen LogP contribution in [0.5, 0.6) is 5.75 Å². The van der Waals surface area contributed by atoms with Gasteiger partial charge >= 0.3 is 0 Å². The molecule has 2 nitrogen and oxygen atoms in total. The van der Waals surface area contributed by atoms with Crippen LogP contribution >= 0.6 is 0 Å².